The highest BCUT2D eigenvalue weighted by Crippen LogP contribution is 2.37. The number of alkyl halides is 3. The Morgan fingerprint density at radius 1 is 1.03 bits per heavy atom. The maximum Gasteiger partial charge on any atom is 0.451 e. The van der Waals surface area contributed by atoms with Gasteiger partial charge in [-0.1, -0.05) is 30.3 Å². The molecule has 0 radical (unpaired) electrons. The highest BCUT2D eigenvalue weighted by molar-refractivity contribution is 6.01. The maximum absolute atomic E-state index is 13.0. The summed E-state index contributed by atoms with van der Waals surface area (Å²) in [5.41, 5.74) is 1.95. The predicted octanol–water partition coefficient (Wildman–Crippen LogP) is 6.47. The molecule has 0 spiro atoms. The maximum atomic E-state index is 13.0. The van der Waals surface area contributed by atoms with Crippen molar-refractivity contribution in [3.05, 3.63) is 78.5 Å². The number of aryl methyl sites for hydroxylation is 1. The first-order valence-electron chi connectivity index (χ1n) is 9.00. The number of benzene rings is 2. The number of aromatic nitrogens is 1. The van der Waals surface area contributed by atoms with Gasteiger partial charge in [-0.3, -0.25) is 4.98 Å². The van der Waals surface area contributed by atoms with Gasteiger partial charge in [0, 0.05) is 29.5 Å². The second kappa shape index (κ2) is 7.55. The largest absolute Gasteiger partial charge is 0.455 e. The molecule has 2 aromatic heterocycles. The number of carbonyl (C=O) groups is 1. The van der Waals surface area contributed by atoms with Gasteiger partial charge in [-0.25, -0.2) is 4.79 Å². The summed E-state index contributed by atoms with van der Waals surface area (Å²) in [5, 5.41) is 6.76. The van der Waals surface area contributed by atoms with Crippen LogP contribution >= 0.6 is 0 Å². The summed E-state index contributed by atoms with van der Waals surface area (Å²) in [6, 6.07) is 15.2. The van der Waals surface area contributed by atoms with Crippen molar-refractivity contribution in [3.8, 4) is 11.1 Å². The van der Waals surface area contributed by atoms with Gasteiger partial charge in [-0.05, 0) is 41.6 Å². The van der Waals surface area contributed by atoms with Gasteiger partial charge in [0.1, 0.15) is 5.76 Å². The first kappa shape index (κ1) is 19.5. The Bertz CT molecular complexity index is 1210. The summed E-state index contributed by atoms with van der Waals surface area (Å²) in [6.45, 7) is 1.38. The number of fused-ring (bicyclic) bond motifs is 1. The lowest BCUT2D eigenvalue weighted by atomic mass is 9.99. The lowest BCUT2D eigenvalue weighted by Gasteiger charge is -2.10. The topological polar surface area (TPSA) is 67.2 Å². The number of rotatable bonds is 3. The number of amides is 2. The molecule has 0 aliphatic rings. The molecular formula is C22H16F3N3O2. The summed E-state index contributed by atoms with van der Waals surface area (Å²) in [5.74, 6) is -1.19. The zero-order valence-electron chi connectivity index (χ0n) is 15.7. The van der Waals surface area contributed by atoms with E-state index in [1.165, 1.54) is 6.92 Å². The van der Waals surface area contributed by atoms with E-state index in [1.807, 2.05) is 36.4 Å². The minimum Gasteiger partial charge on any atom is -0.455 e. The van der Waals surface area contributed by atoms with E-state index in [9.17, 15) is 18.0 Å². The zero-order valence-corrected chi connectivity index (χ0v) is 15.7. The number of urea groups is 1. The highest BCUT2D eigenvalue weighted by Gasteiger charge is 2.38. The zero-order chi connectivity index (χ0) is 21.3. The number of nitrogens with zero attached hydrogens (tertiary/aromatic N) is 1. The minimum absolute atomic E-state index is 0.0484. The number of nitrogens with one attached hydrogen (secondary N) is 2. The van der Waals surface area contributed by atoms with E-state index in [4.69, 9.17) is 0 Å². The highest BCUT2D eigenvalue weighted by atomic mass is 19.4. The first-order valence-corrected chi connectivity index (χ1v) is 9.00. The number of carbonyl (C=O) groups excluding carboxylic acids is 1. The molecule has 8 heteroatoms. The monoisotopic (exact) mass is 411 g/mol. The fourth-order valence-electron chi connectivity index (χ4n) is 3.21. The summed E-state index contributed by atoms with van der Waals surface area (Å²) in [4.78, 5) is 16.3. The van der Waals surface area contributed by atoms with Crippen LogP contribution in [0.2, 0.25) is 0 Å². The van der Waals surface area contributed by atoms with Crippen molar-refractivity contribution < 1.29 is 22.4 Å². The van der Waals surface area contributed by atoms with Crippen LogP contribution in [0.5, 0.6) is 0 Å². The van der Waals surface area contributed by atoms with E-state index >= 15 is 0 Å². The molecule has 2 aromatic carbocycles. The van der Waals surface area contributed by atoms with Crippen LogP contribution in [0.25, 0.3) is 21.9 Å². The summed E-state index contributed by atoms with van der Waals surface area (Å²) >= 11 is 0. The van der Waals surface area contributed by atoms with Crippen molar-refractivity contribution in [2.45, 2.75) is 13.1 Å². The average Bonchev–Trinajstić information content (AvgIpc) is 3.08. The second-order valence-electron chi connectivity index (χ2n) is 6.66. The van der Waals surface area contributed by atoms with Crippen LogP contribution in [-0.2, 0) is 6.18 Å². The van der Waals surface area contributed by atoms with E-state index in [-0.39, 0.29) is 5.76 Å². The third-order valence-corrected chi connectivity index (χ3v) is 4.50. The lowest BCUT2D eigenvalue weighted by molar-refractivity contribution is -0.152. The molecule has 0 aliphatic heterocycles. The van der Waals surface area contributed by atoms with Crippen LogP contribution in [0.15, 0.2) is 71.4 Å². The third kappa shape index (κ3) is 3.98. The molecule has 152 valence electrons. The van der Waals surface area contributed by atoms with E-state index in [0.29, 0.717) is 5.69 Å². The second-order valence-corrected chi connectivity index (χ2v) is 6.66. The fourth-order valence-corrected chi connectivity index (χ4v) is 3.21. The van der Waals surface area contributed by atoms with Gasteiger partial charge in [0.2, 0.25) is 5.76 Å². The van der Waals surface area contributed by atoms with Crippen molar-refractivity contribution in [1.82, 2.24) is 4.98 Å². The van der Waals surface area contributed by atoms with Gasteiger partial charge in [-0.15, -0.1) is 0 Å². The van der Waals surface area contributed by atoms with Gasteiger partial charge < -0.3 is 15.1 Å². The van der Waals surface area contributed by atoms with Gasteiger partial charge in [-0.2, -0.15) is 13.2 Å². The summed E-state index contributed by atoms with van der Waals surface area (Å²) < 4.78 is 43.6. The minimum atomic E-state index is -4.70. The number of hydrogen-bond donors (Lipinski definition) is 2. The number of furan rings is 1. The number of anilines is 2. The molecule has 4 rings (SSSR count). The fraction of sp³-hybridized carbons (Fsp3) is 0.0909. The predicted molar refractivity (Wildman–Crippen MR) is 108 cm³/mol. The van der Waals surface area contributed by atoms with Gasteiger partial charge in [0.25, 0.3) is 0 Å². The Kier molecular flexibility index (Phi) is 4.91. The standard InChI is InChI=1S/C22H16F3N3O2/c1-13-11-19(20(30-13)22(23,24)25)28-21(29)27-16-7-5-14(6-8-16)17-4-2-3-15-12-26-10-9-18(15)17/h2-12H,1H3,(H2,27,28,29). The molecular weight excluding hydrogens is 395 g/mol. The SMILES string of the molecule is Cc1cc(NC(=O)Nc2ccc(-c3cccc4cnccc34)cc2)c(C(F)(F)F)o1. The summed E-state index contributed by atoms with van der Waals surface area (Å²) in [7, 11) is 0. The van der Waals surface area contributed by atoms with Crippen LogP contribution in [0.1, 0.15) is 11.5 Å². The molecule has 0 saturated heterocycles. The molecule has 0 bridgehead atoms. The molecule has 2 N–H and O–H groups in total. The van der Waals surface area contributed by atoms with Crippen molar-refractivity contribution in [2.75, 3.05) is 10.6 Å². The van der Waals surface area contributed by atoms with Crippen molar-refractivity contribution in [1.29, 1.82) is 0 Å². The van der Waals surface area contributed by atoms with E-state index in [1.54, 1.807) is 24.5 Å². The molecule has 5 nitrogen and oxygen atoms in total. The van der Waals surface area contributed by atoms with Crippen molar-refractivity contribution >= 4 is 28.2 Å². The van der Waals surface area contributed by atoms with E-state index in [2.05, 4.69) is 20.0 Å². The van der Waals surface area contributed by atoms with Crippen LogP contribution in [0, 0.1) is 6.92 Å². The van der Waals surface area contributed by atoms with Gasteiger partial charge >= 0.3 is 12.2 Å². The van der Waals surface area contributed by atoms with Crippen LogP contribution in [0.3, 0.4) is 0 Å². The van der Waals surface area contributed by atoms with E-state index in [0.717, 1.165) is 28.0 Å². The van der Waals surface area contributed by atoms with Crippen LogP contribution in [-0.4, -0.2) is 11.0 Å². The summed E-state index contributed by atoms with van der Waals surface area (Å²) in [6.07, 6.45) is -1.20. The molecule has 2 amide bonds. The van der Waals surface area contributed by atoms with E-state index < -0.39 is 23.7 Å². The Hall–Kier alpha value is -3.81. The lowest BCUT2D eigenvalue weighted by Crippen LogP contribution is -2.21. The smallest absolute Gasteiger partial charge is 0.451 e. The molecule has 0 aliphatic carbocycles. The van der Waals surface area contributed by atoms with Crippen molar-refractivity contribution in [2.24, 2.45) is 0 Å². The Morgan fingerprint density at radius 2 is 1.80 bits per heavy atom. The Labute approximate surface area is 169 Å². The van der Waals surface area contributed by atoms with Crippen LogP contribution < -0.4 is 10.6 Å². The number of pyridine rings is 1. The van der Waals surface area contributed by atoms with Crippen LogP contribution in [0.4, 0.5) is 29.3 Å². The Morgan fingerprint density at radius 3 is 2.53 bits per heavy atom. The Balaban J connectivity index is 1.51. The molecule has 0 fully saturated rings. The van der Waals surface area contributed by atoms with Gasteiger partial charge in [0.05, 0.1) is 5.69 Å². The number of halogens is 3. The normalized spacial score (nSPS) is 11.5. The van der Waals surface area contributed by atoms with Gasteiger partial charge in [0.15, 0.2) is 0 Å². The third-order valence-electron chi connectivity index (χ3n) is 4.50. The molecule has 30 heavy (non-hydrogen) atoms. The average molecular weight is 411 g/mol. The molecule has 4 aromatic rings. The quantitative estimate of drug-likeness (QED) is 0.406. The molecule has 0 saturated carbocycles. The molecule has 0 atom stereocenters. The first-order chi connectivity index (χ1) is 14.3. The molecule has 0 unspecified atom stereocenters. The molecule has 2 heterocycles. The van der Waals surface area contributed by atoms with Crippen molar-refractivity contribution in [3.63, 3.8) is 0 Å². The number of hydrogen-bond acceptors (Lipinski definition) is 3.